The van der Waals surface area contributed by atoms with Crippen molar-refractivity contribution in [2.75, 3.05) is 6.61 Å². The van der Waals surface area contributed by atoms with Gasteiger partial charge in [0.15, 0.2) is 0 Å². The Morgan fingerprint density at radius 2 is 1.73 bits per heavy atom. The summed E-state index contributed by atoms with van der Waals surface area (Å²) in [5.74, 6) is 0.494. The van der Waals surface area contributed by atoms with Crippen LogP contribution in [-0.2, 0) is 5.54 Å². The number of para-hydroxylation sites is 1. The molecule has 5 nitrogen and oxygen atoms in total. The molecule has 0 fully saturated rings. The standard InChI is InChI=1S/C24H28N2O3S/c1-7-28-20-11-9-8-10-19(20)23(27)29-22-21(17(3)25-26(22)24(4,5)6)30-18-14-12-16(2)13-15-18/h8-15H,7H2,1-6H3. The molecule has 30 heavy (non-hydrogen) atoms. The summed E-state index contributed by atoms with van der Waals surface area (Å²) in [5, 5.41) is 4.69. The van der Waals surface area contributed by atoms with Crippen LogP contribution in [0.5, 0.6) is 11.6 Å². The Morgan fingerprint density at radius 1 is 1.07 bits per heavy atom. The highest BCUT2D eigenvalue weighted by Gasteiger charge is 2.28. The number of carbonyl (C=O) groups is 1. The van der Waals surface area contributed by atoms with Crippen molar-refractivity contribution in [2.45, 2.75) is 56.9 Å². The molecule has 0 bridgehead atoms. The molecule has 0 radical (unpaired) electrons. The van der Waals surface area contributed by atoms with E-state index in [9.17, 15) is 4.79 Å². The molecule has 0 aliphatic carbocycles. The highest BCUT2D eigenvalue weighted by molar-refractivity contribution is 7.99. The molecule has 0 unspecified atom stereocenters. The maximum absolute atomic E-state index is 13.1. The first-order valence-corrected chi connectivity index (χ1v) is 10.8. The van der Waals surface area contributed by atoms with Crippen molar-refractivity contribution in [3.63, 3.8) is 0 Å². The Kier molecular flexibility index (Phi) is 6.56. The molecule has 1 heterocycles. The molecule has 0 atom stereocenters. The normalized spacial score (nSPS) is 11.4. The van der Waals surface area contributed by atoms with E-state index in [1.165, 1.54) is 5.56 Å². The second-order valence-electron chi connectivity index (χ2n) is 8.04. The van der Waals surface area contributed by atoms with E-state index in [-0.39, 0.29) is 5.54 Å². The number of ether oxygens (including phenoxy) is 2. The second kappa shape index (κ2) is 8.96. The number of benzene rings is 2. The lowest BCUT2D eigenvalue weighted by atomic mass is 10.1. The number of esters is 1. The van der Waals surface area contributed by atoms with Crippen LogP contribution in [0.3, 0.4) is 0 Å². The molecule has 2 aromatic carbocycles. The second-order valence-corrected chi connectivity index (χ2v) is 9.12. The van der Waals surface area contributed by atoms with Gasteiger partial charge in [-0.1, -0.05) is 41.6 Å². The zero-order valence-electron chi connectivity index (χ0n) is 18.4. The molecule has 0 saturated carbocycles. The van der Waals surface area contributed by atoms with Crippen LogP contribution in [0.25, 0.3) is 0 Å². The summed E-state index contributed by atoms with van der Waals surface area (Å²) in [6.45, 7) is 12.4. The monoisotopic (exact) mass is 424 g/mol. The third-order valence-electron chi connectivity index (χ3n) is 4.44. The summed E-state index contributed by atoms with van der Waals surface area (Å²) in [5.41, 5.74) is 2.05. The minimum absolute atomic E-state index is 0.355. The summed E-state index contributed by atoms with van der Waals surface area (Å²) in [6, 6.07) is 15.4. The summed E-state index contributed by atoms with van der Waals surface area (Å²) in [4.78, 5) is 15.0. The van der Waals surface area contributed by atoms with E-state index in [1.54, 1.807) is 34.6 Å². The van der Waals surface area contributed by atoms with E-state index in [0.29, 0.717) is 23.8 Å². The van der Waals surface area contributed by atoms with Gasteiger partial charge in [0.1, 0.15) is 11.3 Å². The van der Waals surface area contributed by atoms with Gasteiger partial charge in [0.05, 0.1) is 22.7 Å². The lowest BCUT2D eigenvalue weighted by molar-refractivity contribution is 0.0699. The molecule has 158 valence electrons. The molecule has 3 rings (SSSR count). The Labute approximate surface area is 182 Å². The molecule has 0 spiro atoms. The zero-order chi connectivity index (χ0) is 21.9. The third-order valence-corrected chi connectivity index (χ3v) is 5.62. The highest BCUT2D eigenvalue weighted by Crippen LogP contribution is 2.40. The van der Waals surface area contributed by atoms with Crippen LogP contribution in [0.2, 0.25) is 0 Å². The van der Waals surface area contributed by atoms with Crippen molar-refractivity contribution >= 4 is 17.7 Å². The van der Waals surface area contributed by atoms with Crippen LogP contribution in [0.1, 0.15) is 49.3 Å². The van der Waals surface area contributed by atoms with Gasteiger partial charge in [-0.15, -0.1) is 0 Å². The molecule has 3 aromatic rings. The minimum atomic E-state index is -0.463. The molecular weight excluding hydrogens is 396 g/mol. The van der Waals surface area contributed by atoms with E-state index in [2.05, 4.69) is 36.3 Å². The average Bonchev–Trinajstić information content (AvgIpc) is 3.00. The van der Waals surface area contributed by atoms with Crippen molar-refractivity contribution in [1.29, 1.82) is 0 Å². The van der Waals surface area contributed by atoms with Gasteiger partial charge in [0.2, 0.25) is 5.88 Å². The Balaban J connectivity index is 2.02. The SMILES string of the molecule is CCOc1ccccc1C(=O)Oc1c(Sc2ccc(C)cc2)c(C)nn1C(C)(C)C. The molecule has 0 aliphatic heterocycles. The summed E-state index contributed by atoms with van der Waals surface area (Å²) in [7, 11) is 0. The van der Waals surface area contributed by atoms with E-state index in [4.69, 9.17) is 9.47 Å². The number of rotatable bonds is 6. The van der Waals surface area contributed by atoms with Crippen molar-refractivity contribution in [3.05, 3.63) is 65.4 Å². The first-order valence-electron chi connectivity index (χ1n) is 9.99. The van der Waals surface area contributed by atoms with Crippen molar-refractivity contribution in [2.24, 2.45) is 0 Å². The zero-order valence-corrected chi connectivity index (χ0v) is 19.2. The van der Waals surface area contributed by atoms with E-state index >= 15 is 0 Å². The van der Waals surface area contributed by atoms with Gasteiger partial charge in [-0.2, -0.15) is 5.10 Å². The number of nitrogens with zero attached hydrogens (tertiary/aromatic N) is 2. The summed E-state index contributed by atoms with van der Waals surface area (Å²) < 4.78 is 13.3. The van der Waals surface area contributed by atoms with Gasteiger partial charge in [-0.05, 0) is 65.8 Å². The predicted molar refractivity (Wildman–Crippen MR) is 120 cm³/mol. The Hall–Kier alpha value is -2.73. The fraction of sp³-hybridized carbons (Fsp3) is 0.333. The average molecular weight is 425 g/mol. The van der Waals surface area contributed by atoms with Crippen molar-refractivity contribution < 1.29 is 14.3 Å². The maximum Gasteiger partial charge on any atom is 0.348 e. The smallest absolute Gasteiger partial charge is 0.348 e. The molecular formula is C24H28N2O3S. The quantitative estimate of drug-likeness (QED) is 0.453. The lowest BCUT2D eigenvalue weighted by Gasteiger charge is -2.22. The predicted octanol–water partition coefficient (Wildman–Crippen LogP) is 6.02. The number of hydrogen-bond donors (Lipinski definition) is 0. The Bertz CT molecular complexity index is 1030. The number of aromatic nitrogens is 2. The topological polar surface area (TPSA) is 53.4 Å². The summed E-state index contributed by atoms with van der Waals surface area (Å²) in [6.07, 6.45) is 0. The fourth-order valence-electron chi connectivity index (χ4n) is 2.94. The molecule has 6 heteroatoms. The third kappa shape index (κ3) is 4.87. The first-order chi connectivity index (χ1) is 14.2. The maximum atomic E-state index is 13.1. The van der Waals surface area contributed by atoms with Gasteiger partial charge in [0, 0.05) is 4.90 Å². The van der Waals surface area contributed by atoms with Crippen LogP contribution < -0.4 is 9.47 Å². The van der Waals surface area contributed by atoms with Gasteiger partial charge in [-0.25, -0.2) is 9.48 Å². The van der Waals surface area contributed by atoms with Crippen molar-refractivity contribution in [1.82, 2.24) is 9.78 Å². The van der Waals surface area contributed by atoms with E-state index in [1.807, 2.05) is 40.7 Å². The van der Waals surface area contributed by atoms with Crippen molar-refractivity contribution in [3.8, 4) is 11.6 Å². The molecule has 0 aliphatic rings. The van der Waals surface area contributed by atoms with Crippen LogP contribution in [0.15, 0.2) is 58.3 Å². The fourth-order valence-corrected chi connectivity index (χ4v) is 3.85. The van der Waals surface area contributed by atoms with Crippen LogP contribution in [0, 0.1) is 13.8 Å². The Morgan fingerprint density at radius 3 is 2.37 bits per heavy atom. The van der Waals surface area contributed by atoms with Gasteiger partial charge in [-0.3, -0.25) is 0 Å². The number of hydrogen-bond acceptors (Lipinski definition) is 5. The van der Waals surface area contributed by atoms with E-state index < -0.39 is 5.97 Å². The van der Waals surface area contributed by atoms with Gasteiger partial charge < -0.3 is 9.47 Å². The lowest BCUT2D eigenvalue weighted by Crippen LogP contribution is -2.25. The largest absolute Gasteiger partial charge is 0.493 e. The first kappa shape index (κ1) is 22.0. The molecule has 0 amide bonds. The number of aryl methyl sites for hydroxylation is 2. The molecule has 0 N–H and O–H groups in total. The molecule has 1 aromatic heterocycles. The number of carbonyl (C=O) groups excluding carboxylic acids is 1. The van der Waals surface area contributed by atoms with Crippen LogP contribution >= 0.6 is 11.8 Å². The summed E-state index contributed by atoms with van der Waals surface area (Å²) >= 11 is 1.55. The van der Waals surface area contributed by atoms with Crippen LogP contribution in [-0.4, -0.2) is 22.4 Å². The van der Waals surface area contributed by atoms with Crippen LogP contribution in [0.4, 0.5) is 0 Å². The van der Waals surface area contributed by atoms with Gasteiger partial charge in [0.25, 0.3) is 0 Å². The van der Waals surface area contributed by atoms with E-state index in [0.717, 1.165) is 15.5 Å². The van der Waals surface area contributed by atoms with Gasteiger partial charge >= 0.3 is 5.97 Å². The highest BCUT2D eigenvalue weighted by atomic mass is 32.2. The molecule has 0 saturated heterocycles. The minimum Gasteiger partial charge on any atom is -0.493 e.